The molecule has 0 aromatic heterocycles. The number of halogens is 5. The largest absolute Gasteiger partial charge is 0.456 e. The summed E-state index contributed by atoms with van der Waals surface area (Å²) in [6, 6.07) is 5.75. The Balaban J connectivity index is 3.25. The standard InChI is InChI=1S/C10H10F5O3P/c1-19(16,17)18-8(7-5-3-2-4-6-7)9(11,12)10(13,14)15/h2-6,8H,1H3,(H,16,17)/t8-/m1/s1. The lowest BCUT2D eigenvalue weighted by molar-refractivity contribution is -0.311. The molecule has 1 aromatic carbocycles. The Morgan fingerprint density at radius 3 is 2.00 bits per heavy atom. The molecule has 1 N–H and O–H groups in total. The Kier molecular flexibility index (Phi) is 4.39. The average Bonchev–Trinajstić information content (AvgIpc) is 2.24. The van der Waals surface area contributed by atoms with E-state index in [-0.39, 0.29) is 0 Å². The van der Waals surface area contributed by atoms with Gasteiger partial charge in [0.05, 0.1) is 0 Å². The Labute approximate surface area is 105 Å². The van der Waals surface area contributed by atoms with Crippen LogP contribution in [0.3, 0.4) is 0 Å². The zero-order chi connectivity index (χ0) is 14.9. The van der Waals surface area contributed by atoms with Crippen LogP contribution in [-0.2, 0) is 9.09 Å². The van der Waals surface area contributed by atoms with Crippen LogP contribution in [0.2, 0.25) is 0 Å². The van der Waals surface area contributed by atoms with Crippen LogP contribution in [0.25, 0.3) is 0 Å². The van der Waals surface area contributed by atoms with Crippen LogP contribution in [0.5, 0.6) is 0 Å². The van der Waals surface area contributed by atoms with Gasteiger partial charge in [0, 0.05) is 6.66 Å². The van der Waals surface area contributed by atoms with Crippen molar-refractivity contribution in [2.24, 2.45) is 0 Å². The highest BCUT2D eigenvalue weighted by atomic mass is 31.2. The molecule has 0 aliphatic heterocycles. The molecule has 0 aliphatic carbocycles. The SMILES string of the molecule is CP(=O)(O)O[C@H](c1ccccc1)C(F)(F)C(F)(F)F. The first-order chi connectivity index (χ1) is 8.45. The zero-order valence-electron chi connectivity index (χ0n) is 9.56. The van der Waals surface area contributed by atoms with Gasteiger partial charge in [0.1, 0.15) is 0 Å². The summed E-state index contributed by atoms with van der Waals surface area (Å²) in [7, 11) is -4.53. The van der Waals surface area contributed by atoms with Crippen molar-refractivity contribution in [3.8, 4) is 0 Å². The fourth-order valence-electron chi connectivity index (χ4n) is 1.31. The zero-order valence-corrected chi connectivity index (χ0v) is 10.5. The van der Waals surface area contributed by atoms with E-state index in [1.807, 2.05) is 0 Å². The van der Waals surface area contributed by atoms with Gasteiger partial charge in [-0.2, -0.15) is 22.0 Å². The minimum absolute atomic E-state index is 0.537. The van der Waals surface area contributed by atoms with Crippen molar-refractivity contribution >= 4 is 7.60 Å². The Hall–Kier alpha value is -0.980. The molecule has 0 spiro atoms. The van der Waals surface area contributed by atoms with Crippen molar-refractivity contribution in [2.45, 2.75) is 18.2 Å². The van der Waals surface area contributed by atoms with Gasteiger partial charge < -0.3 is 4.89 Å². The summed E-state index contributed by atoms with van der Waals surface area (Å²) < 4.78 is 78.7. The molecule has 1 unspecified atom stereocenters. The van der Waals surface area contributed by atoms with Crippen molar-refractivity contribution in [3.05, 3.63) is 35.9 Å². The lowest BCUT2D eigenvalue weighted by Gasteiger charge is -2.29. The summed E-state index contributed by atoms with van der Waals surface area (Å²) >= 11 is 0. The van der Waals surface area contributed by atoms with Gasteiger partial charge in [-0.05, 0) is 5.56 Å². The second kappa shape index (κ2) is 5.19. The Morgan fingerprint density at radius 2 is 1.63 bits per heavy atom. The monoisotopic (exact) mass is 304 g/mol. The van der Waals surface area contributed by atoms with E-state index in [2.05, 4.69) is 4.52 Å². The van der Waals surface area contributed by atoms with E-state index in [1.165, 1.54) is 18.2 Å². The molecule has 0 radical (unpaired) electrons. The first kappa shape index (κ1) is 16.1. The first-order valence-electron chi connectivity index (χ1n) is 4.93. The summed E-state index contributed by atoms with van der Waals surface area (Å²) in [4.78, 5) is 8.91. The van der Waals surface area contributed by atoms with E-state index in [0.717, 1.165) is 12.1 Å². The van der Waals surface area contributed by atoms with E-state index >= 15 is 0 Å². The second-order valence-corrected chi connectivity index (χ2v) is 5.64. The Bertz CT molecular complexity index is 468. The van der Waals surface area contributed by atoms with Gasteiger partial charge >= 0.3 is 19.7 Å². The fourth-order valence-corrected chi connectivity index (χ4v) is 1.95. The molecule has 19 heavy (non-hydrogen) atoms. The lowest BCUT2D eigenvalue weighted by atomic mass is 10.0. The second-order valence-electron chi connectivity index (χ2n) is 3.82. The molecule has 108 valence electrons. The molecule has 0 fully saturated rings. The third-order valence-electron chi connectivity index (χ3n) is 2.11. The van der Waals surface area contributed by atoms with E-state index in [4.69, 9.17) is 4.89 Å². The molecule has 2 atom stereocenters. The van der Waals surface area contributed by atoms with Crippen molar-refractivity contribution < 1.29 is 35.9 Å². The van der Waals surface area contributed by atoms with Crippen LogP contribution < -0.4 is 0 Å². The van der Waals surface area contributed by atoms with Crippen molar-refractivity contribution in [1.82, 2.24) is 0 Å². The highest BCUT2D eigenvalue weighted by Gasteiger charge is 2.64. The van der Waals surface area contributed by atoms with Crippen molar-refractivity contribution in [1.29, 1.82) is 0 Å². The van der Waals surface area contributed by atoms with Gasteiger partial charge in [0.2, 0.25) is 0 Å². The molecule has 0 aliphatic rings. The number of benzene rings is 1. The van der Waals surface area contributed by atoms with Gasteiger partial charge in [0.25, 0.3) is 0 Å². The van der Waals surface area contributed by atoms with Crippen LogP contribution in [0, 0.1) is 0 Å². The summed E-state index contributed by atoms with van der Waals surface area (Å²) in [5, 5.41) is 0. The van der Waals surface area contributed by atoms with Crippen LogP contribution >= 0.6 is 7.60 Å². The minimum atomic E-state index is -5.90. The number of rotatable bonds is 4. The normalized spacial score (nSPS) is 17.8. The van der Waals surface area contributed by atoms with Gasteiger partial charge in [-0.15, -0.1) is 0 Å². The molecule has 3 nitrogen and oxygen atoms in total. The van der Waals surface area contributed by atoms with Gasteiger partial charge in [-0.25, -0.2) is 0 Å². The molecule has 0 bridgehead atoms. The molecule has 0 saturated carbocycles. The van der Waals surface area contributed by atoms with E-state index < -0.39 is 31.4 Å². The first-order valence-corrected chi connectivity index (χ1v) is 6.96. The van der Waals surface area contributed by atoms with E-state index in [0.29, 0.717) is 6.66 Å². The van der Waals surface area contributed by atoms with Crippen LogP contribution in [-0.4, -0.2) is 23.7 Å². The van der Waals surface area contributed by atoms with Crippen molar-refractivity contribution in [2.75, 3.05) is 6.66 Å². The number of alkyl halides is 5. The topological polar surface area (TPSA) is 46.5 Å². The maximum absolute atomic E-state index is 13.3. The van der Waals surface area contributed by atoms with Crippen LogP contribution in [0.15, 0.2) is 30.3 Å². The maximum atomic E-state index is 13.3. The maximum Gasteiger partial charge on any atom is 0.456 e. The molecule has 1 aromatic rings. The quantitative estimate of drug-likeness (QED) is 0.680. The predicted molar refractivity (Wildman–Crippen MR) is 57.0 cm³/mol. The van der Waals surface area contributed by atoms with Gasteiger partial charge in [-0.3, -0.25) is 9.09 Å². The lowest BCUT2D eigenvalue weighted by Crippen LogP contribution is -2.42. The third-order valence-corrected chi connectivity index (χ3v) is 2.71. The molecule has 9 heteroatoms. The fraction of sp³-hybridized carbons (Fsp3) is 0.400. The molecular weight excluding hydrogens is 294 g/mol. The molecule has 0 amide bonds. The number of hydrogen-bond acceptors (Lipinski definition) is 2. The third kappa shape index (κ3) is 3.99. The highest BCUT2D eigenvalue weighted by Crippen LogP contribution is 2.53. The summed E-state index contributed by atoms with van der Waals surface area (Å²) in [5.41, 5.74) is -0.541. The average molecular weight is 304 g/mol. The summed E-state index contributed by atoms with van der Waals surface area (Å²) in [6.45, 7) is 0.537. The molecule has 1 rings (SSSR count). The molecular formula is C10H10F5O3P. The van der Waals surface area contributed by atoms with Gasteiger partial charge in [0.15, 0.2) is 6.10 Å². The van der Waals surface area contributed by atoms with E-state index in [1.54, 1.807) is 0 Å². The van der Waals surface area contributed by atoms with E-state index in [9.17, 15) is 26.5 Å². The molecule has 0 heterocycles. The van der Waals surface area contributed by atoms with Crippen LogP contribution in [0.4, 0.5) is 22.0 Å². The highest BCUT2D eigenvalue weighted by molar-refractivity contribution is 7.51. The van der Waals surface area contributed by atoms with Crippen molar-refractivity contribution in [3.63, 3.8) is 0 Å². The predicted octanol–water partition coefficient (Wildman–Crippen LogP) is 3.76. The van der Waals surface area contributed by atoms with Crippen LogP contribution in [0.1, 0.15) is 11.7 Å². The minimum Gasteiger partial charge on any atom is -0.324 e. The van der Waals surface area contributed by atoms with Gasteiger partial charge in [-0.1, -0.05) is 30.3 Å². The molecule has 0 saturated heterocycles. The summed E-state index contributed by atoms with van der Waals surface area (Å²) in [6.07, 6.45) is -8.78. The number of hydrogen-bond donors (Lipinski definition) is 1. The smallest absolute Gasteiger partial charge is 0.324 e. The Morgan fingerprint density at radius 1 is 1.16 bits per heavy atom. The summed E-state index contributed by atoms with van der Waals surface area (Å²) in [5.74, 6) is -5.29.